The summed E-state index contributed by atoms with van der Waals surface area (Å²) in [5.41, 5.74) is 5.70. The fraction of sp³-hybridized carbons (Fsp3) is 0.500. The molecule has 2 N–H and O–H groups in total. The van der Waals surface area contributed by atoms with Crippen molar-refractivity contribution in [2.24, 2.45) is 5.73 Å². The summed E-state index contributed by atoms with van der Waals surface area (Å²) in [4.78, 5) is 0. The van der Waals surface area contributed by atoms with E-state index in [1.165, 1.54) is 0 Å². The Kier molecular flexibility index (Phi) is 2.38. The third kappa shape index (κ3) is 1.70. The van der Waals surface area contributed by atoms with Gasteiger partial charge in [0.15, 0.2) is 0 Å². The lowest BCUT2D eigenvalue weighted by Crippen LogP contribution is -1.99. The van der Waals surface area contributed by atoms with E-state index in [1.807, 2.05) is 5.87 Å². The monoisotopic (exact) mass is 83.1 g/mol. The lowest BCUT2D eigenvalue weighted by atomic mass is 10.4. The number of hydrogen-bond donors (Lipinski definition) is 1. The van der Waals surface area contributed by atoms with Crippen molar-refractivity contribution in [2.45, 2.75) is 6.92 Å². The van der Waals surface area contributed by atoms with E-state index >= 15 is 0 Å². The minimum atomic E-state index is 0.385. The maximum absolute atomic E-state index is 7.97. The molecule has 1 radical (unpaired) electrons. The molecule has 0 aromatic carbocycles. The lowest BCUT2D eigenvalue weighted by molar-refractivity contribution is 1.16. The lowest BCUT2D eigenvalue weighted by Gasteiger charge is -1.79. The van der Waals surface area contributed by atoms with Crippen LogP contribution in [-0.2, 0) is 0 Å². The number of nitrogens with two attached hydrogens (primary N) is 1. The van der Waals surface area contributed by atoms with Crippen LogP contribution in [0.4, 0.5) is 0 Å². The highest BCUT2D eigenvalue weighted by molar-refractivity contribution is 5.54. The zero-order chi connectivity index (χ0) is 4.99. The SMILES string of the molecule is CC(=C=[N])CN. The number of rotatable bonds is 1. The van der Waals surface area contributed by atoms with Crippen LogP contribution < -0.4 is 11.1 Å². The second-order valence-electron chi connectivity index (χ2n) is 1.10. The smallest absolute Gasteiger partial charge is 0.0226 e. The van der Waals surface area contributed by atoms with E-state index in [0.29, 0.717) is 12.1 Å². The predicted octanol–water partition coefficient (Wildman–Crippen LogP) is -0.639. The zero-order valence-electron chi connectivity index (χ0n) is 3.73. The highest BCUT2D eigenvalue weighted by Crippen LogP contribution is 1.72. The number of nitrogens with zero attached hydrogens (tertiary/aromatic N) is 1. The molecule has 33 valence electrons. The Balaban J connectivity index is 3.52. The van der Waals surface area contributed by atoms with Crippen LogP contribution in [0.1, 0.15) is 6.92 Å². The molecule has 0 aliphatic heterocycles. The second kappa shape index (κ2) is 2.64. The maximum atomic E-state index is 7.97. The highest BCUT2D eigenvalue weighted by atomic mass is 14.5. The van der Waals surface area contributed by atoms with Gasteiger partial charge in [0.1, 0.15) is 0 Å². The van der Waals surface area contributed by atoms with Crippen molar-refractivity contribution in [1.82, 2.24) is 5.41 Å². The third-order valence-corrected chi connectivity index (χ3v) is 0.497. The van der Waals surface area contributed by atoms with Crippen LogP contribution in [0.25, 0.3) is 0 Å². The van der Waals surface area contributed by atoms with E-state index < -0.39 is 0 Å². The van der Waals surface area contributed by atoms with Crippen LogP contribution in [0, 0.1) is 0 Å². The molecule has 0 bridgehead atoms. The molecule has 0 aliphatic rings. The van der Waals surface area contributed by atoms with Crippen LogP contribution in [0.15, 0.2) is 5.57 Å². The Labute approximate surface area is 37.2 Å². The molecule has 0 unspecified atom stereocenters. The van der Waals surface area contributed by atoms with Gasteiger partial charge in [0.2, 0.25) is 0 Å². The molecular weight excluding hydrogens is 76.1 g/mol. The van der Waals surface area contributed by atoms with Crippen molar-refractivity contribution < 1.29 is 0 Å². The van der Waals surface area contributed by atoms with E-state index in [-0.39, 0.29) is 0 Å². The molecule has 0 spiro atoms. The van der Waals surface area contributed by atoms with E-state index in [4.69, 9.17) is 11.1 Å². The standard InChI is InChI=1S/C4H7N2/c1-4(2-5)3-6/h2,5H2,1H3. The molecule has 0 saturated carbocycles. The molecule has 6 heavy (non-hydrogen) atoms. The van der Waals surface area contributed by atoms with Crippen molar-refractivity contribution in [2.75, 3.05) is 6.54 Å². The molecule has 0 aromatic rings. The minimum absolute atomic E-state index is 0.385. The second-order valence-corrected chi connectivity index (χ2v) is 1.10. The van der Waals surface area contributed by atoms with Crippen LogP contribution in [0.2, 0.25) is 0 Å². The first-order chi connectivity index (χ1) is 2.81. The molecule has 0 rings (SSSR count). The van der Waals surface area contributed by atoms with Gasteiger partial charge in [-0.15, -0.1) is 0 Å². The topological polar surface area (TPSA) is 48.3 Å². The first-order valence-electron chi connectivity index (χ1n) is 1.74. The Bertz CT molecular complexity index is 79.5. The van der Waals surface area contributed by atoms with Gasteiger partial charge >= 0.3 is 0 Å². The molecule has 0 amide bonds. The molecule has 0 aromatic heterocycles. The average Bonchev–Trinajstić information content (AvgIpc) is 1.65. The Morgan fingerprint density at radius 3 is 2.50 bits per heavy atom. The molecule has 0 saturated heterocycles. The summed E-state index contributed by atoms with van der Waals surface area (Å²) in [6, 6.07) is 0. The quantitative estimate of drug-likeness (QED) is 0.421. The van der Waals surface area contributed by atoms with Crippen LogP contribution in [-0.4, -0.2) is 12.4 Å². The van der Waals surface area contributed by atoms with E-state index in [0.717, 1.165) is 0 Å². The van der Waals surface area contributed by atoms with Gasteiger partial charge in [-0.05, 0) is 6.92 Å². The fourth-order valence-corrected chi connectivity index (χ4v) is 0.0456. The molecular formula is C4H7N2. The summed E-state index contributed by atoms with van der Waals surface area (Å²) in [5.74, 6) is 1.91. The third-order valence-electron chi connectivity index (χ3n) is 0.497. The van der Waals surface area contributed by atoms with Gasteiger partial charge in [-0.1, -0.05) is 5.41 Å². The summed E-state index contributed by atoms with van der Waals surface area (Å²) < 4.78 is 0. The van der Waals surface area contributed by atoms with Gasteiger partial charge < -0.3 is 5.73 Å². The van der Waals surface area contributed by atoms with Gasteiger partial charge in [0, 0.05) is 18.0 Å². The minimum Gasteiger partial charge on any atom is -0.326 e. The molecule has 0 heterocycles. The van der Waals surface area contributed by atoms with Crippen molar-refractivity contribution in [3.63, 3.8) is 0 Å². The Hall–Kier alpha value is -0.590. The fourth-order valence-electron chi connectivity index (χ4n) is 0.0456. The first kappa shape index (κ1) is 5.41. The summed E-state index contributed by atoms with van der Waals surface area (Å²) in [5, 5.41) is 7.97. The van der Waals surface area contributed by atoms with Crippen LogP contribution in [0.5, 0.6) is 0 Å². The molecule has 2 nitrogen and oxygen atoms in total. The summed E-state index contributed by atoms with van der Waals surface area (Å²) in [6.07, 6.45) is 0. The molecule has 0 atom stereocenters. The van der Waals surface area contributed by atoms with Gasteiger partial charge in [-0.3, -0.25) is 0 Å². The predicted molar refractivity (Wildman–Crippen MR) is 25.4 cm³/mol. The Morgan fingerprint density at radius 2 is 2.50 bits per heavy atom. The van der Waals surface area contributed by atoms with Gasteiger partial charge in [0.05, 0.1) is 0 Å². The van der Waals surface area contributed by atoms with E-state index in [9.17, 15) is 0 Å². The maximum Gasteiger partial charge on any atom is 0.0226 e. The molecule has 0 aliphatic carbocycles. The van der Waals surface area contributed by atoms with Gasteiger partial charge in [0.25, 0.3) is 0 Å². The van der Waals surface area contributed by atoms with Crippen LogP contribution in [0.3, 0.4) is 0 Å². The van der Waals surface area contributed by atoms with Crippen molar-refractivity contribution in [3.05, 3.63) is 5.57 Å². The van der Waals surface area contributed by atoms with Crippen molar-refractivity contribution in [1.29, 1.82) is 0 Å². The molecule has 0 fully saturated rings. The zero-order valence-corrected chi connectivity index (χ0v) is 3.73. The first-order valence-corrected chi connectivity index (χ1v) is 1.74. The summed E-state index contributed by atoms with van der Waals surface area (Å²) in [7, 11) is 0. The average molecular weight is 83.1 g/mol. The van der Waals surface area contributed by atoms with Crippen molar-refractivity contribution >= 4 is 5.87 Å². The largest absolute Gasteiger partial charge is 0.326 e. The van der Waals surface area contributed by atoms with Gasteiger partial charge in [-0.25, -0.2) is 0 Å². The van der Waals surface area contributed by atoms with Crippen LogP contribution >= 0.6 is 0 Å². The summed E-state index contributed by atoms with van der Waals surface area (Å²) >= 11 is 0. The van der Waals surface area contributed by atoms with Gasteiger partial charge in [-0.2, -0.15) is 0 Å². The summed E-state index contributed by atoms with van der Waals surface area (Å²) in [6.45, 7) is 2.09. The number of hydrogen-bond acceptors (Lipinski definition) is 1. The highest BCUT2D eigenvalue weighted by Gasteiger charge is 1.73. The van der Waals surface area contributed by atoms with E-state index in [1.54, 1.807) is 6.92 Å². The van der Waals surface area contributed by atoms with Crippen molar-refractivity contribution in [3.8, 4) is 0 Å². The Morgan fingerprint density at radius 1 is 2.00 bits per heavy atom. The normalized spacial score (nSPS) is 7.00. The van der Waals surface area contributed by atoms with E-state index in [2.05, 4.69) is 0 Å². The molecule has 2 heteroatoms.